The molecule has 1 aliphatic rings. The van der Waals surface area contributed by atoms with Crippen molar-refractivity contribution in [3.05, 3.63) is 44.9 Å². The number of amides is 2. The maximum absolute atomic E-state index is 12.9. The lowest BCUT2D eigenvalue weighted by Crippen LogP contribution is -2.57. The van der Waals surface area contributed by atoms with E-state index in [4.69, 9.17) is 23.2 Å². The highest BCUT2D eigenvalue weighted by Gasteiger charge is 2.40. The fourth-order valence-electron chi connectivity index (χ4n) is 3.43. The van der Waals surface area contributed by atoms with Gasteiger partial charge in [0.2, 0.25) is 5.91 Å². The van der Waals surface area contributed by atoms with Gasteiger partial charge in [-0.2, -0.15) is 0 Å². The van der Waals surface area contributed by atoms with E-state index in [2.05, 4.69) is 15.6 Å². The van der Waals surface area contributed by atoms with Gasteiger partial charge in [0.15, 0.2) is 5.13 Å². The molecular weight excluding hydrogens is 405 g/mol. The average molecular weight is 426 g/mol. The van der Waals surface area contributed by atoms with Crippen LogP contribution in [0.15, 0.2) is 24.4 Å². The van der Waals surface area contributed by atoms with Crippen LogP contribution in [0.3, 0.4) is 0 Å². The summed E-state index contributed by atoms with van der Waals surface area (Å²) < 4.78 is 0. The van der Waals surface area contributed by atoms with Crippen molar-refractivity contribution in [3.63, 3.8) is 0 Å². The summed E-state index contributed by atoms with van der Waals surface area (Å²) in [6, 6.07) is 5.34. The number of hydrogen-bond donors (Lipinski definition) is 2. The predicted molar refractivity (Wildman–Crippen MR) is 110 cm³/mol. The predicted octanol–water partition coefficient (Wildman–Crippen LogP) is 4.82. The minimum atomic E-state index is -0.841. The molecule has 2 aromatic rings. The van der Waals surface area contributed by atoms with Gasteiger partial charge in [-0.1, -0.05) is 42.5 Å². The number of hydrogen-bond acceptors (Lipinski definition) is 4. The van der Waals surface area contributed by atoms with Crippen molar-refractivity contribution in [1.29, 1.82) is 0 Å². The number of halogens is 2. The third-order valence-electron chi connectivity index (χ3n) is 4.70. The van der Waals surface area contributed by atoms with Crippen molar-refractivity contribution in [2.45, 2.75) is 51.0 Å². The summed E-state index contributed by atoms with van der Waals surface area (Å²) in [5.41, 5.74) is 0.0688. The molecule has 0 aliphatic heterocycles. The Kier molecular flexibility index (Phi) is 6.40. The van der Waals surface area contributed by atoms with E-state index >= 15 is 0 Å². The number of nitrogens with zero attached hydrogens (tertiary/aromatic N) is 1. The normalized spacial score (nSPS) is 16.0. The molecule has 1 heterocycles. The Labute approximate surface area is 172 Å². The summed E-state index contributed by atoms with van der Waals surface area (Å²) in [5.74, 6) is -0.387. The number of aromatic nitrogens is 1. The largest absolute Gasteiger partial charge is 0.342 e. The number of rotatable bonds is 5. The molecule has 2 N–H and O–H groups in total. The van der Waals surface area contributed by atoms with Gasteiger partial charge in [-0.15, -0.1) is 11.3 Å². The Morgan fingerprint density at radius 2 is 1.96 bits per heavy atom. The first-order valence-electron chi connectivity index (χ1n) is 8.87. The maximum Gasteiger partial charge on any atom is 0.251 e. The Morgan fingerprint density at radius 3 is 2.67 bits per heavy atom. The average Bonchev–Trinajstić information content (AvgIpc) is 3.05. The zero-order chi connectivity index (χ0) is 19.4. The quantitative estimate of drug-likeness (QED) is 0.720. The second-order valence-corrected chi connectivity index (χ2v) is 8.78. The number of carbonyl (C=O) groups excluding carboxylic acids is 2. The summed E-state index contributed by atoms with van der Waals surface area (Å²) >= 11 is 13.7. The molecule has 144 valence electrons. The van der Waals surface area contributed by atoms with Crippen LogP contribution in [0, 0.1) is 0 Å². The van der Waals surface area contributed by atoms with Crippen LogP contribution < -0.4 is 10.6 Å². The van der Waals surface area contributed by atoms with Crippen molar-refractivity contribution < 1.29 is 9.59 Å². The van der Waals surface area contributed by atoms with Crippen molar-refractivity contribution in [1.82, 2.24) is 10.3 Å². The number of benzene rings is 1. The fraction of sp³-hybridized carbons (Fsp3) is 0.421. The maximum atomic E-state index is 12.9. The summed E-state index contributed by atoms with van der Waals surface area (Å²) in [4.78, 5) is 29.8. The summed E-state index contributed by atoms with van der Waals surface area (Å²) in [5, 5.41) is 7.54. The molecule has 1 fully saturated rings. The molecule has 1 aromatic carbocycles. The Morgan fingerprint density at radius 1 is 1.22 bits per heavy atom. The standard InChI is InChI=1S/C19H21Cl2N3O2S/c1-12(25)24-19(7-3-2-4-8-19)17(26)23-18-22-11-15(27-18)10-13-9-14(20)5-6-16(13)21/h5-6,9,11H,2-4,7-8,10H2,1H3,(H,24,25)(H,22,23,26). The van der Waals surface area contributed by atoms with Crippen LogP contribution in [0.4, 0.5) is 5.13 Å². The van der Waals surface area contributed by atoms with Gasteiger partial charge in [0.05, 0.1) is 0 Å². The SMILES string of the molecule is CC(=O)NC1(C(=O)Nc2ncc(Cc3cc(Cl)ccc3Cl)s2)CCCCC1. The smallest absolute Gasteiger partial charge is 0.251 e. The molecule has 1 aliphatic carbocycles. The van der Waals surface area contributed by atoms with Crippen LogP contribution in [0.5, 0.6) is 0 Å². The molecule has 0 spiro atoms. The van der Waals surface area contributed by atoms with Gasteiger partial charge in [-0.05, 0) is 36.6 Å². The van der Waals surface area contributed by atoms with Crippen molar-refractivity contribution >= 4 is 51.5 Å². The number of thiazole rings is 1. The van der Waals surface area contributed by atoms with Gasteiger partial charge in [0.25, 0.3) is 5.91 Å². The lowest BCUT2D eigenvalue weighted by atomic mass is 9.81. The molecule has 1 saturated carbocycles. The van der Waals surface area contributed by atoms with Crippen LogP contribution in [0.1, 0.15) is 49.5 Å². The molecule has 0 atom stereocenters. The Balaban J connectivity index is 1.71. The molecule has 5 nitrogen and oxygen atoms in total. The Hall–Kier alpha value is -1.63. The van der Waals surface area contributed by atoms with Gasteiger partial charge in [0, 0.05) is 34.5 Å². The van der Waals surface area contributed by atoms with E-state index in [9.17, 15) is 9.59 Å². The van der Waals surface area contributed by atoms with E-state index < -0.39 is 5.54 Å². The van der Waals surface area contributed by atoms with Gasteiger partial charge < -0.3 is 5.32 Å². The lowest BCUT2D eigenvalue weighted by Gasteiger charge is -2.35. The van der Waals surface area contributed by atoms with Crippen molar-refractivity contribution in [2.75, 3.05) is 5.32 Å². The highest BCUT2D eigenvalue weighted by atomic mass is 35.5. The van der Waals surface area contributed by atoms with Gasteiger partial charge in [-0.3, -0.25) is 14.9 Å². The number of nitrogens with one attached hydrogen (secondary N) is 2. The van der Waals surface area contributed by atoms with Gasteiger partial charge in [-0.25, -0.2) is 4.98 Å². The third-order valence-corrected chi connectivity index (χ3v) is 6.22. The molecular formula is C19H21Cl2N3O2S. The first kappa shape index (κ1) is 20.1. The molecule has 27 heavy (non-hydrogen) atoms. The molecule has 2 amide bonds. The van der Waals surface area contributed by atoms with Crippen LogP contribution in [-0.2, 0) is 16.0 Å². The highest BCUT2D eigenvalue weighted by molar-refractivity contribution is 7.15. The monoisotopic (exact) mass is 425 g/mol. The van der Waals surface area contributed by atoms with Crippen LogP contribution in [0.2, 0.25) is 10.0 Å². The summed E-state index contributed by atoms with van der Waals surface area (Å²) in [6.45, 7) is 1.44. The van der Waals surface area contributed by atoms with Gasteiger partial charge >= 0.3 is 0 Å². The molecule has 1 aromatic heterocycles. The third kappa shape index (κ3) is 5.00. The van der Waals surface area contributed by atoms with Crippen LogP contribution >= 0.6 is 34.5 Å². The lowest BCUT2D eigenvalue weighted by molar-refractivity contribution is -0.130. The zero-order valence-corrected chi connectivity index (χ0v) is 17.3. The van der Waals surface area contributed by atoms with Gasteiger partial charge in [0.1, 0.15) is 5.54 Å². The first-order chi connectivity index (χ1) is 12.9. The molecule has 0 bridgehead atoms. The number of anilines is 1. The topological polar surface area (TPSA) is 71.1 Å². The summed E-state index contributed by atoms with van der Waals surface area (Å²) in [7, 11) is 0. The van der Waals surface area contributed by atoms with E-state index in [1.165, 1.54) is 18.3 Å². The van der Waals surface area contributed by atoms with E-state index in [1.807, 2.05) is 6.07 Å². The second kappa shape index (κ2) is 8.59. The van der Waals surface area contributed by atoms with E-state index in [0.717, 1.165) is 29.7 Å². The Bertz CT molecular complexity index is 847. The first-order valence-corrected chi connectivity index (χ1v) is 10.4. The zero-order valence-electron chi connectivity index (χ0n) is 15.0. The molecule has 0 unspecified atom stereocenters. The second-order valence-electron chi connectivity index (χ2n) is 6.82. The molecule has 0 radical (unpaired) electrons. The van der Waals surface area contributed by atoms with Crippen molar-refractivity contribution in [2.24, 2.45) is 0 Å². The molecule has 3 rings (SSSR count). The number of carbonyl (C=O) groups is 2. The molecule has 0 saturated heterocycles. The highest BCUT2D eigenvalue weighted by Crippen LogP contribution is 2.31. The van der Waals surface area contributed by atoms with E-state index in [1.54, 1.807) is 18.3 Å². The van der Waals surface area contributed by atoms with Crippen molar-refractivity contribution in [3.8, 4) is 0 Å². The minimum absolute atomic E-state index is 0.192. The summed E-state index contributed by atoms with van der Waals surface area (Å²) in [6.07, 6.45) is 6.53. The minimum Gasteiger partial charge on any atom is -0.342 e. The van der Waals surface area contributed by atoms with E-state index in [0.29, 0.717) is 34.4 Å². The van der Waals surface area contributed by atoms with E-state index in [-0.39, 0.29) is 11.8 Å². The fourth-order valence-corrected chi connectivity index (χ4v) is 4.64. The molecule has 8 heteroatoms. The van der Waals surface area contributed by atoms with Crippen LogP contribution in [0.25, 0.3) is 0 Å². The van der Waals surface area contributed by atoms with Crippen LogP contribution in [-0.4, -0.2) is 22.3 Å².